The van der Waals surface area contributed by atoms with E-state index in [0.29, 0.717) is 5.82 Å². The Morgan fingerprint density at radius 1 is 1.31 bits per heavy atom. The van der Waals surface area contributed by atoms with Crippen molar-refractivity contribution < 1.29 is 5.11 Å². The van der Waals surface area contributed by atoms with E-state index in [9.17, 15) is 5.11 Å². The second-order valence-corrected chi connectivity index (χ2v) is 7.50. The first kappa shape index (κ1) is 17.3. The van der Waals surface area contributed by atoms with Gasteiger partial charge >= 0.3 is 0 Å². The molecule has 26 heavy (non-hydrogen) atoms. The second kappa shape index (κ2) is 7.26. The number of β-amino-alcohol motifs (C(OH)–C–C–N with tert-alkyl or cyclic N) is 1. The molecule has 2 N–H and O–H groups in total. The third-order valence-corrected chi connectivity index (χ3v) is 5.57. The molecule has 6 nitrogen and oxygen atoms in total. The van der Waals surface area contributed by atoms with E-state index in [1.54, 1.807) is 6.33 Å². The molecule has 1 saturated heterocycles. The van der Waals surface area contributed by atoms with E-state index in [-0.39, 0.29) is 6.10 Å². The molecule has 1 atom stereocenters. The number of halogens is 1. The number of hydrogen-bond acceptors (Lipinski definition) is 6. The number of nitrogens with one attached hydrogen (secondary N) is 1. The van der Waals surface area contributed by atoms with Gasteiger partial charge in [-0.25, -0.2) is 9.97 Å². The first-order valence-electron chi connectivity index (χ1n) is 8.62. The predicted octanol–water partition coefficient (Wildman–Crippen LogP) is 3.41. The first-order valence-corrected chi connectivity index (χ1v) is 9.41. The van der Waals surface area contributed by atoms with Gasteiger partial charge in [-0.2, -0.15) is 0 Å². The molecular formula is C19H20BrN5O. The van der Waals surface area contributed by atoms with Crippen molar-refractivity contribution in [2.75, 3.05) is 18.4 Å². The van der Waals surface area contributed by atoms with Crippen LogP contribution >= 0.6 is 15.9 Å². The van der Waals surface area contributed by atoms with Gasteiger partial charge in [-0.05, 0) is 42.7 Å². The Morgan fingerprint density at radius 2 is 2.19 bits per heavy atom. The van der Waals surface area contributed by atoms with Crippen molar-refractivity contribution in [1.82, 2.24) is 19.9 Å². The van der Waals surface area contributed by atoms with Gasteiger partial charge in [-0.1, -0.05) is 22.0 Å². The molecule has 3 heterocycles. The van der Waals surface area contributed by atoms with Crippen molar-refractivity contribution in [1.29, 1.82) is 0 Å². The number of aromatic nitrogens is 3. The molecule has 0 bridgehead atoms. The molecule has 0 radical (unpaired) electrons. The van der Waals surface area contributed by atoms with Gasteiger partial charge in [-0.15, -0.1) is 0 Å². The van der Waals surface area contributed by atoms with E-state index in [0.717, 1.165) is 58.4 Å². The Balaban J connectivity index is 1.61. The third kappa shape index (κ3) is 3.56. The number of anilines is 2. The van der Waals surface area contributed by atoms with E-state index in [1.807, 2.05) is 37.4 Å². The molecule has 0 amide bonds. The number of nitrogens with zero attached hydrogens (tertiary/aromatic N) is 4. The van der Waals surface area contributed by atoms with Crippen LogP contribution in [0.15, 0.2) is 41.3 Å². The zero-order chi connectivity index (χ0) is 18.1. The molecule has 134 valence electrons. The van der Waals surface area contributed by atoms with Gasteiger partial charge in [0, 0.05) is 36.0 Å². The Labute approximate surface area is 160 Å². The largest absolute Gasteiger partial charge is 0.392 e. The zero-order valence-electron chi connectivity index (χ0n) is 14.5. The number of pyridine rings is 1. The minimum absolute atomic E-state index is 0.213. The van der Waals surface area contributed by atoms with Crippen molar-refractivity contribution in [3.63, 3.8) is 0 Å². The fourth-order valence-corrected chi connectivity index (χ4v) is 3.61. The fourth-order valence-electron chi connectivity index (χ4n) is 3.25. The number of aliphatic hydroxyl groups is 1. The van der Waals surface area contributed by atoms with Gasteiger partial charge in [0.15, 0.2) is 5.82 Å². The molecule has 0 spiro atoms. The minimum Gasteiger partial charge on any atom is -0.392 e. The molecule has 1 aliphatic heterocycles. The fraction of sp³-hybridized carbons (Fsp3) is 0.316. The lowest BCUT2D eigenvalue weighted by Crippen LogP contribution is -2.21. The smallest absolute Gasteiger partial charge is 0.160 e. The van der Waals surface area contributed by atoms with Crippen LogP contribution in [-0.2, 0) is 6.54 Å². The van der Waals surface area contributed by atoms with Crippen LogP contribution in [-0.4, -0.2) is 44.2 Å². The summed E-state index contributed by atoms with van der Waals surface area (Å²) in [5.74, 6) is 0.694. The van der Waals surface area contributed by atoms with Crippen LogP contribution in [0.3, 0.4) is 0 Å². The maximum Gasteiger partial charge on any atom is 0.160 e. The second-order valence-electron chi connectivity index (χ2n) is 6.65. The van der Waals surface area contributed by atoms with Gasteiger partial charge < -0.3 is 10.4 Å². The summed E-state index contributed by atoms with van der Waals surface area (Å²) in [6.07, 6.45) is 4.05. The summed E-state index contributed by atoms with van der Waals surface area (Å²) < 4.78 is 1.05. The standard InChI is InChI=1S/C19H20BrN5O/c1-12-15(20)3-2-4-16(12)24-19-18-17(22-11-23-19)7-13(8-21-18)9-25-6-5-14(26)10-25/h2-4,7-8,11,14,26H,5-6,9-10H2,1H3,(H,22,23,24)/t14-/m1/s1. The highest BCUT2D eigenvalue weighted by Crippen LogP contribution is 2.28. The van der Waals surface area contributed by atoms with Crippen LogP contribution in [0.2, 0.25) is 0 Å². The SMILES string of the molecule is Cc1c(Br)cccc1Nc1ncnc2cc(CN3CC[C@@H](O)C3)cnc12. The molecule has 0 saturated carbocycles. The van der Waals surface area contributed by atoms with Gasteiger partial charge in [0.05, 0.1) is 11.6 Å². The molecule has 4 rings (SSSR count). The molecule has 1 fully saturated rings. The van der Waals surface area contributed by atoms with E-state index in [2.05, 4.69) is 41.1 Å². The molecule has 7 heteroatoms. The number of benzene rings is 1. The van der Waals surface area contributed by atoms with Crippen molar-refractivity contribution in [2.24, 2.45) is 0 Å². The van der Waals surface area contributed by atoms with Gasteiger partial charge in [0.1, 0.15) is 11.8 Å². The Bertz CT molecular complexity index is 948. The maximum absolute atomic E-state index is 9.68. The van der Waals surface area contributed by atoms with Crippen LogP contribution < -0.4 is 5.32 Å². The maximum atomic E-state index is 9.68. The van der Waals surface area contributed by atoms with Crippen molar-refractivity contribution in [2.45, 2.75) is 26.0 Å². The molecular weight excluding hydrogens is 394 g/mol. The lowest BCUT2D eigenvalue weighted by atomic mass is 10.2. The Kier molecular flexibility index (Phi) is 4.84. The van der Waals surface area contributed by atoms with Gasteiger partial charge in [0.25, 0.3) is 0 Å². The Hall–Kier alpha value is -2.09. The number of aliphatic hydroxyl groups excluding tert-OH is 1. The van der Waals surface area contributed by atoms with E-state index in [4.69, 9.17) is 0 Å². The van der Waals surface area contributed by atoms with Gasteiger partial charge in [-0.3, -0.25) is 9.88 Å². The summed E-state index contributed by atoms with van der Waals surface area (Å²) >= 11 is 3.55. The number of likely N-dealkylation sites (tertiary alicyclic amines) is 1. The minimum atomic E-state index is -0.213. The lowest BCUT2D eigenvalue weighted by Gasteiger charge is -2.15. The van der Waals surface area contributed by atoms with Crippen molar-refractivity contribution >= 4 is 38.5 Å². The van der Waals surface area contributed by atoms with E-state index in [1.165, 1.54) is 0 Å². The summed E-state index contributed by atoms with van der Waals surface area (Å²) in [5.41, 5.74) is 4.75. The first-order chi connectivity index (χ1) is 12.6. The molecule has 2 aromatic heterocycles. The number of fused-ring (bicyclic) bond motifs is 1. The monoisotopic (exact) mass is 413 g/mol. The molecule has 1 aliphatic rings. The molecule has 3 aromatic rings. The highest BCUT2D eigenvalue weighted by atomic mass is 79.9. The third-order valence-electron chi connectivity index (χ3n) is 4.71. The van der Waals surface area contributed by atoms with Crippen molar-refractivity contribution in [3.05, 3.63) is 52.4 Å². The quantitative estimate of drug-likeness (QED) is 0.682. The molecule has 1 aromatic carbocycles. The van der Waals surface area contributed by atoms with Crippen molar-refractivity contribution in [3.8, 4) is 0 Å². The summed E-state index contributed by atoms with van der Waals surface area (Å²) in [6.45, 7) is 4.46. The highest BCUT2D eigenvalue weighted by molar-refractivity contribution is 9.10. The summed E-state index contributed by atoms with van der Waals surface area (Å²) in [5, 5.41) is 13.0. The molecule has 0 aliphatic carbocycles. The normalized spacial score (nSPS) is 17.7. The molecule has 0 unspecified atom stereocenters. The average molecular weight is 414 g/mol. The predicted molar refractivity (Wildman–Crippen MR) is 105 cm³/mol. The van der Waals surface area contributed by atoms with Crippen LogP contribution in [0.1, 0.15) is 17.5 Å². The van der Waals surface area contributed by atoms with Crippen LogP contribution in [0, 0.1) is 6.92 Å². The van der Waals surface area contributed by atoms with Crippen LogP contribution in [0.5, 0.6) is 0 Å². The average Bonchev–Trinajstić information content (AvgIpc) is 3.04. The van der Waals surface area contributed by atoms with Crippen LogP contribution in [0.25, 0.3) is 11.0 Å². The lowest BCUT2D eigenvalue weighted by molar-refractivity contribution is 0.175. The topological polar surface area (TPSA) is 74.2 Å². The number of rotatable bonds is 4. The Morgan fingerprint density at radius 3 is 3.00 bits per heavy atom. The van der Waals surface area contributed by atoms with Crippen LogP contribution in [0.4, 0.5) is 11.5 Å². The highest BCUT2D eigenvalue weighted by Gasteiger charge is 2.20. The van der Waals surface area contributed by atoms with Gasteiger partial charge in [0.2, 0.25) is 0 Å². The van der Waals surface area contributed by atoms with E-state index < -0.39 is 0 Å². The summed E-state index contributed by atoms with van der Waals surface area (Å²) in [7, 11) is 0. The van der Waals surface area contributed by atoms with E-state index >= 15 is 0 Å². The zero-order valence-corrected chi connectivity index (χ0v) is 16.1. The summed E-state index contributed by atoms with van der Waals surface area (Å²) in [6, 6.07) is 8.06. The summed E-state index contributed by atoms with van der Waals surface area (Å²) in [4.78, 5) is 15.6. The number of hydrogen-bond donors (Lipinski definition) is 2.